The minimum atomic E-state index is -2.94. The van der Waals surface area contributed by atoms with Crippen LogP contribution in [-0.4, -0.2) is 26.6 Å². The summed E-state index contributed by atoms with van der Waals surface area (Å²) in [6, 6.07) is 4.14. The average molecular weight is 516 g/mol. The molecule has 14 heteroatoms. The molecule has 3 N–H and O–H groups in total. The highest BCUT2D eigenvalue weighted by molar-refractivity contribution is 7.21. The Kier molecular flexibility index (Phi) is 6.32. The number of alkyl halides is 4. The van der Waals surface area contributed by atoms with Crippen molar-refractivity contribution in [2.45, 2.75) is 26.3 Å². The normalized spacial score (nSPS) is 11.6. The number of carbonyl (C=O) groups is 2. The van der Waals surface area contributed by atoms with Crippen molar-refractivity contribution < 1.29 is 31.6 Å². The molecule has 8 nitrogen and oxygen atoms in total. The topological polar surface area (TPSA) is 116 Å². The van der Waals surface area contributed by atoms with Crippen LogP contribution in [0.15, 0.2) is 28.9 Å². The highest BCUT2D eigenvalue weighted by atomic mass is 35.5. The third-order valence-corrected chi connectivity index (χ3v) is 6.40. The third-order valence-electron chi connectivity index (χ3n) is 4.84. The molecule has 4 rings (SSSR count). The molecular weight excluding hydrogens is 502 g/mol. The van der Waals surface area contributed by atoms with Crippen LogP contribution < -0.4 is 11.1 Å². The van der Waals surface area contributed by atoms with Crippen LogP contribution in [0.3, 0.4) is 0 Å². The van der Waals surface area contributed by atoms with Crippen molar-refractivity contribution in [1.29, 1.82) is 0 Å². The van der Waals surface area contributed by atoms with Gasteiger partial charge in [0.05, 0.1) is 22.7 Å². The summed E-state index contributed by atoms with van der Waals surface area (Å²) in [4.78, 5) is 28.7. The second-order valence-corrected chi connectivity index (χ2v) is 8.39. The SMILES string of the molecule is Cc1c(Cl)c(C(F)F)nn1CC(=O)Nc1c(C(N)=O)sc2nc(C(F)F)cc(-c3ccco3)c12. The number of pyridine rings is 1. The molecule has 0 aliphatic heterocycles. The van der Waals surface area contributed by atoms with Gasteiger partial charge in [-0.2, -0.15) is 5.10 Å². The Hall–Kier alpha value is -3.45. The molecule has 0 aliphatic carbocycles. The first-order valence-electron chi connectivity index (χ1n) is 9.48. The maximum atomic E-state index is 13.4. The lowest BCUT2D eigenvalue weighted by Crippen LogP contribution is -2.22. The molecule has 0 radical (unpaired) electrons. The Morgan fingerprint density at radius 2 is 2.03 bits per heavy atom. The van der Waals surface area contributed by atoms with Crippen LogP contribution in [0.25, 0.3) is 21.5 Å². The number of fused-ring (bicyclic) bond motifs is 1. The molecule has 0 fully saturated rings. The van der Waals surface area contributed by atoms with Gasteiger partial charge in [0, 0.05) is 10.9 Å². The van der Waals surface area contributed by atoms with Crippen molar-refractivity contribution >= 4 is 50.7 Å². The van der Waals surface area contributed by atoms with E-state index in [4.69, 9.17) is 21.8 Å². The van der Waals surface area contributed by atoms with Gasteiger partial charge >= 0.3 is 0 Å². The van der Waals surface area contributed by atoms with Gasteiger partial charge in [-0.3, -0.25) is 14.3 Å². The van der Waals surface area contributed by atoms with Gasteiger partial charge in [0.1, 0.15) is 33.4 Å². The van der Waals surface area contributed by atoms with Crippen LogP contribution in [0.5, 0.6) is 0 Å². The fraction of sp³-hybridized carbons (Fsp3) is 0.200. The number of nitrogens with one attached hydrogen (secondary N) is 1. The van der Waals surface area contributed by atoms with Gasteiger partial charge in [0.2, 0.25) is 5.91 Å². The van der Waals surface area contributed by atoms with E-state index in [1.807, 2.05) is 0 Å². The number of halogens is 5. The van der Waals surface area contributed by atoms with E-state index < -0.39 is 42.6 Å². The molecule has 4 heterocycles. The molecule has 0 aliphatic rings. The first-order valence-corrected chi connectivity index (χ1v) is 10.7. The van der Waals surface area contributed by atoms with Gasteiger partial charge in [-0.25, -0.2) is 22.5 Å². The summed E-state index contributed by atoms with van der Waals surface area (Å²) in [7, 11) is 0. The first kappa shape index (κ1) is 23.7. The molecule has 178 valence electrons. The number of amides is 2. The smallest absolute Gasteiger partial charge is 0.283 e. The van der Waals surface area contributed by atoms with E-state index in [1.54, 1.807) is 0 Å². The summed E-state index contributed by atoms with van der Waals surface area (Å²) >= 11 is 6.58. The van der Waals surface area contributed by atoms with Crippen LogP contribution in [0.1, 0.15) is 39.6 Å². The van der Waals surface area contributed by atoms with E-state index in [-0.39, 0.29) is 42.8 Å². The summed E-state index contributed by atoms with van der Waals surface area (Å²) in [5, 5.41) is 6.06. The summed E-state index contributed by atoms with van der Waals surface area (Å²) in [5.41, 5.74) is 4.45. The number of primary amides is 1. The van der Waals surface area contributed by atoms with E-state index in [2.05, 4.69) is 15.4 Å². The molecule has 0 atom stereocenters. The Morgan fingerprint density at radius 3 is 2.59 bits per heavy atom. The zero-order valence-electron chi connectivity index (χ0n) is 17.1. The van der Waals surface area contributed by atoms with Gasteiger partial charge in [0.15, 0.2) is 0 Å². The molecule has 34 heavy (non-hydrogen) atoms. The Bertz CT molecular complexity index is 1400. The van der Waals surface area contributed by atoms with Crippen LogP contribution in [-0.2, 0) is 11.3 Å². The first-order chi connectivity index (χ1) is 16.1. The lowest BCUT2D eigenvalue weighted by molar-refractivity contribution is -0.116. The molecule has 0 saturated carbocycles. The van der Waals surface area contributed by atoms with Crippen molar-refractivity contribution in [3.8, 4) is 11.3 Å². The predicted octanol–water partition coefficient (Wildman–Crippen LogP) is 5.33. The van der Waals surface area contributed by atoms with Crippen LogP contribution >= 0.6 is 22.9 Å². The molecule has 2 amide bonds. The lowest BCUT2D eigenvalue weighted by Gasteiger charge is -2.10. The van der Waals surface area contributed by atoms with Crippen LogP contribution in [0, 0.1) is 6.92 Å². The van der Waals surface area contributed by atoms with Gasteiger partial charge in [-0.1, -0.05) is 11.6 Å². The number of anilines is 1. The lowest BCUT2D eigenvalue weighted by atomic mass is 10.1. The van der Waals surface area contributed by atoms with Crippen molar-refractivity contribution in [2.24, 2.45) is 5.73 Å². The number of aromatic nitrogens is 3. The van der Waals surface area contributed by atoms with Crippen LogP contribution in [0.2, 0.25) is 5.02 Å². The molecule has 0 unspecified atom stereocenters. The maximum absolute atomic E-state index is 13.4. The van der Waals surface area contributed by atoms with Gasteiger partial charge in [-0.05, 0) is 25.1 Å². The van der Waals surface area contributed by atoms with Crippen molar-refractivity contribution in [3.63, 3.8) is 0 Å². The number of nitrogens with zero attached hydrogens (tertiary/aromatic N) is 3. The molecule has 4 aromatic rings. The number of furan rings is 1. The van der Waals surface area contributed by atoms with E-state index >= 15 is 0 Å². The Balaban J connectivity index is 1.80. The third kappa shape index (κ3) is 4.23. The van der Waals surface area contributed by atoms with Crippen molar-refractivity contribution in [3.05, 3.63) is 51.4 Å². The molecule has 0 spiro atoms. The summed E-state index contributed by atoms with van der Waals surface area (Å²) in [6.07, 6.45) is -4.52. The van der Waals surface area contributed by atoms with Gasteiger partial charge in [-0.15, -0.1) is 11.3 Å². The van der Waals surface area contributed by atoms with E-state index in [9.17, 15) is 27.2 Å². The second kappa shape index (κ2) is 9.06. The highest BCUT2D eigenvalue weighted by Gasteiger charge is 2.27. The number of rotatable bonds is 7. The highest BCUT2D eigenvalue weighted by Crippen LogP contribution is 2.42. The molecular formula is C20H14ClF4N5O3S. The number of hydrogen-bond acceptors (Lipinski definition) is 6. The number of hydrogen-bond donors (Lipinski definition) is 2. The van der Waals surface area contributed by atoms with Crippen molar-refractivity contribution in [1.82, 2.24) is 14.8 Å². The Labute approximate surface area is 197 Å². The number of thiophene rings is 1. The zero-order chi connectivity index (χ0) is 24.7. The van der Waals surface area contributed by atoms with E-state index in [0.29, 0.717) is 0 Å². The summed E-state index contributed by atoms with van der Waals surface area (Å²) < 4.78 is 59.3. The molecule has 0 bridgehead atoms. The molecule has 0 saturated heterocycles. The minimum absolute atomic E-state index is 0.0200. The Morgan fingerprint density at radius 1 is 1.29 bits per heavy atom. The monoisotopic (exact) mass is 515 g/mol. The average Bonchev–Trinajstić information content (AvgIpc) is 3.48. The molecule has 4 aromatic heterocycles. The second-order valence-electron chi connectivity index (χ2n) is 7.01. The number of nitrogens with two attached hydrogens (primary N) is 1. The zero-order valence-corrected chi connectivity index (χ0v) is 18.7. The largest absolute Gasteiger partial charge is 0.464 e. The van der Waals surface area contributed by atoms with Crippen molar-refractivity contribution in [2.75, 3.05) is 5.32 Å². The number of carbonyl (C=O) groups excluding carboxylic acids is 2. The quantitative estimate of drug-likeness (QED) is 0.323. The van der Waals surface area contributed by atoms with Gasteiger partial charge in [0.25, 0.3) is 18.8 Å². The van der Waals surface area contributed by atoms with E-state index in [0.717, 1.165) is 22.1 Å². The fourth-order valence-corrected chi connectivity index (χ4v) is 4.54. The van der Waals surface area contributed by atoms with Crippen LogP contribution in [0.4, 0.5) is 23.2 Å². The minimum Gasteiger partial charge on any atom is -0.464 e. The van der Waals surface area contributed by atoms with Gasteiger partial charge < -0.3 is 15.5 Å². The summed E-state index contributed by atoms with van der Waals surface area (Å²) in [6.45, 7) is 0.889. The predicted molar refractivity (Wildman–Crippen MR) is 116 cm³/mol. The van der Waals surface area contributed by atoms with E-state index in [1.165, 1.54) is 25.3 Å². The molecule has 0 aromatic carbocycles. The standard InChI is InChI=1S/C20H14ClF4N5O3S/c1-7-13(21)15(18(24)25)29-30(7)6-11(31)28-14-12-8(10-3-2-4-33-10)5-9(17(22)23)27-20(12)34-16(14)19(26)32/h2-5,17-18H,6H2,1H3,(H2,26,32)(H,28,31). The summed E-state index contributed by atoms with van der Waals surface area (Å²) in [5.74, 6) is -1.50. The maximum Gasteiger partial charge on any atom is 0.283 e. The fourth-order valence-electron chi connectivity index (χ4n) is 3.30.